The van der Waals surface area contributed by atoms with Crippen LogP contribution in [0, 0.1) is 0 Å². The van der Waals surface area contributed by atoms with Crippen molar-refractivity contribution in [3.63, 3.8) is 0 Å². The Bertz CT molecular complexity index is 380. The number of rotatable bonds is 7. The highest BCUT2D eigenvalue weighted by Crippen LogP contribution is 2.25. The van der Waals surface area contributed by atoms with Gasteiger partial charge in [-0.25, -0.2) is 4.98 Å². The van der Waals surface area contributed by atoms with Gasteiger partial charge in [-0.05, 0) is 33.1 Å². The maximum atomic E-state index is 5.81. The van der Waals surface area contributed by atoms with Crippen molar-refractivity contribution >= 4 is 5.82 Å². The molecule has 0 atom stereocenters. The Morgan fingerprint density at radius 2 is 2.17 bits per heavy atom. The smallest absolute Gasteiger partial charge is 0.219 e. The summed E-state index contributed by atoms with van der Waals surface area (Å²) in [5, 5.41) is 3.19. The van der Waals surface area contributed by atoms with E-state index in [1.165, 1.54) is 6.42 Å². The molecule has 0 saturated heterocycles. The van der Waals surface area contributed by atoms with E-state index in [-0.39, 0.29) is 0 Å². The molecule has 0 amide bonds. The Labute approximate surface area is 108 Å². The summed E-state index contributed by atoms with van der Waals surface area (Å²) >= 11 is 0. The van der Waals surface area contributed by atoms with Gasteiger partial charge in [0, 0.05) is 19.2 Å². The first kappa shape index (κ1) is 13.1. The van der Waals surface area contributed by atoms with Gasteiger partial charge in [0.15, 0.2) is 5.82 Å². The van der Waals surface area contributed by atoms with Crippen molar-refractivity contribution in [2.45, 2.75) is 45.8 Å². The molecule has 1 heterocycles. The number of aromatic nitrogens is 2. The molecule has 100 valence electrons. The lowest BCUT2D eigenvalue weighted by Crippen LogP contribution is -2.25. The fourth-order valence-corrected chi connectivity index (χ4v) is 1.72. The van der Waals surface area contributed by atoms with Crippen LogP contribution in [0.1, 0.15) is 38.9 Å². The molecule has 5 heteroatoms. The molecular formula is C13H21N3O2. The van der Waals surface area contributed by atoms with Crippen molar-refractivity contribution in [2.24, 2.45) is 0 Å². The maximum Gasteiger partial charge on any atom is 0.219 e. The first-order valence-corrected chi connectivity index (χ1v) is 6.68. The van der Waals surface area contributed by atoms with Crippen molar-refractivity contribution < 1.29 is 9.47 Å². The minimum absolute atomic E-state index is 0.328. The summed E-state index contributed by atoms with van der Waals surface area (Å²) < 4.78 is 11.2. The number of ether oxygens (including phenoxy) is 2. The monoisotopic (exact) mass is 251 g/mol. The van der Waals surface area contributed by atoms with Gasteiger partial charge in [0.05, 0.1) is 0 Å². The Hall–Kier alpha value is -1.36. The van der Waals surface area contributed by atoms with Gasteiger partial charge in [-0.15, -0.1) is 0 Å². The predicted octanol–water partition coefficient (Wildman–Crippen LogP) is 2.38. The largest absolute Gasteiger partial charge is 0.474 e. The highest BCUT2D eigenvalue weighted by molar-refractivity contribution is 5.38. The molecule has 0 spiro atoms. The fraction of sp³-hybridized carbons (Fsp3) is 0.692. The number of anilines is 1. The maximum absolute atomic E-state index is 5.81. The zero-order valence-electron chi connectivity index (χ0n) is 11.1. The SMILES string of the molecule is CCNc1cc(OC2CCC2)nc(COCC)n1. The third-order valence-electron chi connectivity index (χ3n) is 2.88. The number of nitrogens with zero attached hydrogens (tertiary/aromatic N) is 2. The Kier molecular flexibility index (Phi) is 4.75. The standard InChI is InChI=1S/C13H21N3O2/c1-3-14-11-8-13(18-10-6-5-7-10)16-12(15-11)9-17-4-2/h8,10H,3-7,9H2,1-2H3,(H,14,15,16). The third-order valence-corrected chi connectivity index (χ3v) is 2.88. The highest BCUT2D eigenvalue weighted by Gasteiger charge is 2.20. The topological polar surface area (TPSA) is 56.3 Å². The van der Waals surface area contributed by atoms with E-state index >= 15 is 0 Å². The van der Waals surface area contributed by atoms with Gasteiger partial charge in [0.25, 0.3) is 0 Å². The highest BCUT2D eigenvalue weighted by atomic mass is 16.5. The molecule has 1 saturated carbocycles. The Morgan fingerprint density at radius 3 is 2.78 bits per heavy atom. The van der Waals surface area contributed by atoms with Crippen LogP contribution in [0.2, 0.25) is 0 Å². The number of hydrogen-bond donors (Lipinski definition) is 1. The van der Waals surface area contributed by atoms with Crippen LogP contribution in [0.3, 0.4) is 0 Å². The normalized spacial score (nSPS) is 15.2. The lowest BCUT2D eigenvalue weighted by molar-refractivity contribution is 0.109. The van der Waals surface area contributed by atoms with E-state index in [4.69, 9.17) is 9.47 Å². The predicted molar refractivity (Wildman–Crippen MR) is 69.8 cm³/mol. The molecule has 18 heavy (non-hydrogen) atoms. The van der Waals surface area contributed by atoms with E-state index in [1.54, 1.807) is 0 Å². The summed E-state index contributed by atoms with van der Waals surface area (Å²) in [7, 11) is 0. The molecule has 1 aromatic heterocycles. The molecule has 0 unspecified atom stereocenters. The van der Waals surface area contributed by atoms with E-state index in [0.29, 0.717) is 31.0 Å². The van der Waals surface area contributed by atoms with Crippen molar-refractivity contribution in [2.75, 3.05) is 18.5 Å². The average Bonchev–Trinajstić information content (AvgIpc) is 2.32. The molecule has 0 bridgehead atoms. The van der Waals surface area contributed by atoms with Crippen molar-refractivity contribution in [3.05, 3.63) is 11.9 Å². The second-order valence-electron chi connectivity index (χ2n) is 4.35. The zero-order chi connectivity index (χ0) is 12.8. The van der Waals surface area contributed by atoms with Crippen LogP contribution in [0.5, 0.6) is 5.88 Å². The van der Waals surface area contributed by atoms with Gasteiger partial charge in [0.2, 0.25) is 5.88 Å². The Balaban J connectivity index is 2.07. The summed E-state index contributed by atoms with van der Waals surface area (Å²) in [6, 6.07) is 1.86. The summed E-state index contributed by atoms with van der Waals surface area (Å²) in [5.41, 5.74) is 0. The lowest BCUT2D eigenvalue weighted by atomic mass is 9.96. The van der Waals surface area contributed by atoms with E-state index < -0.39 is 0 Å². The van der Waals surface area contributed by atoms with Crippen LogP contribution >= 0.6 is 0 Å². The Morgan fingerprint density at radius 1 is 1.33 bits per heavy atom. The molecule has 1 aliphatic carbocycles. The zero-order valence-corrected chi connectivity index (χ0v) is 11.1. The van der Waals surface area contributed by atoms with Gasteiger partial charge in [0.1, 0.15) is 18.5 Å². The third kappa shape index (κ3) is 3.57. The van der Waals surface area contributed by atoms with Gasteiger partial charge in [-0.3, -0.25) is 0 Å². The van der Waals surface area contributed by atoms with Gasteiger partial charge >= 0.3 is 0 Å². The quantitative estimate of drug-likeness (QED) is 0.806. The molecule has 5 nitrogen and oxygen atoms in total. The minimum Gasteiger partial charge on any atom is -0.474 e. The summed E-state index contributed by atoms with van der Waals surface area (Å²) in [5.74, 6) is 2.13. The van der Waals surface area contributed by atoms with Crippen molar-refractivity contribution in [3.8, 4) is 5.88 Å². The van der Waals surface area contributed by atoms with Gasteiger partial charge in [-0.2, -0.15) is 4.98 Å². The first-order valence-electron chi connectivity index (χ1n) is 6.68. The molecular weight excluding hydrogens is 230 g/mol. The molecule has 1 fully saturated rings. The minimum atomic E-state index is 0.328. The number of nitrogens with one attached hydrogen (secondary N) is 1. The molecule has 0 aliphatic heterocycles. The fourth-order valence-electron chi connectivity index (χ4n) is 1.72. The van der Waals surface area contributed by atoms with Crippen molar-refractivity contribution in [1.82, 2.24) is 9.97 Å². The summed E-state index contributed by atoms with van der Waals surface area (Å²) in [4.78, 5) is 8.76. The van der Waals surface area contributed by atoms with E-state index in [9.17, 15) is 0 Å². The van der Waals surface area contributed by atoms with Crippen LogP contribution in [-0.2, 0) is 11.3 Å². The molecule has 2 rings (SSSR count). The van der Waals surface area contributed by atoms with Crippen LogP contribution in [-0.4, -0.2) is 29.2 Å². The molecule has 1 N–H and O–H groups in total. The van der Waals surface area contributed by atoms with Crippen LogP contribution in [0.15, 0.2) is 6.07 Å². The van der Waals surface area contributed by atoms with E-state index in [1.807, 2.05) is 19.9 Å². The van der Waals surface area contributed by atoms with E-state index in [2.05, 4.69) is 15.3 Å². The van der Waals surface area contributed by atoms with Gasteiger partial charge in [-0.1, -0.05) is 0 Å². The molecule has 0 aromatic carbocycles. The lowest BCUT2D eigenvalue weighted by Gasteiger charge is -2.26. The van der Waals surface area contributed by atoms with Crippen molar-refractivity contribution in [1.29, 1.82) is 0 Å². The second-order valence-corrected chi connectivity index (χ2v) is 4.35. The van der Waals surface area contributed by atoms with Gasteiger partial charge < -0.3 is 14.8 Å². The van der Waals surface area contributed by atoms with E-state index in [0.717, 1.165) is 25.2 Å². The summed E-state index contributed by atoms with van der Waals surface area (Å²) in [6.45, 7) is 5.91. The number of hydrogen-bond acceptors (Lipinski definition) is 5. The average molecular weight is 251 g/mol. The molecule has 0 radical (unpaired) electrons. The first-order chi connectivity index (χ1) is 8.81. The summed E-state index contributed by atoms with van der Waals surface area (Å²) in [6.07, 6.45) is 3.83. The van der Waals surface area contributed by atoms with Crippen LogP contribution in [0.25, 0.3) is 0 Å². The van der Waals surface area contributed by atoms with Crippen LogP contribution < -0.4 is 10.1 Å². The van der Waals surface area contributed by atoms with Crippen LogP contribution in [0.4, 0.5) is 5.82 Å². The molecule has 1 aliphatic rings. The molecule has 1 aromatic rings. The second kappa shape index (κ2) is 6.54.